The average molecular weight is 324 g/mol. The maximum atomic E-state index is 5.56. The molecule has 2 aromatic rings. The van der Waals surface area contributed by atoms with Crippen LogP contribution < -0.4 is 10.1 Å². The summed E-state index contributed by atoms with van der Waals surface area (Å²) in [7, 11) is 1.68. The fourth-order valence-electron chi connectivity index (χ4n) is 1.86. The van der Waals surface area contributed by atoms with Gasteiger partial charge in [0.05, 0.1) is 17.8 Å². The Hall–Kier alpha value is -1.26. The van der Waals surface area contributed by atoms with Crippen molar-refractivity contribution in [1.82, 2.24) is 5.32 Å². The van der Waals surface area contributed by atoms with Crippen molar-refractivity contribution < 1.29 is 9.15 Å². The molecule has 0 aliphatic heterocycles. The van der Waals surface area contributed by atoms with Crippen LogP contribution in [0.1, 0.15) is 19.4 Å². The lowest BCUT2D eigenvalue weighted by molar-refractivity contribution is 0.414. The number of methoxy groups -OCH3 is 1. The molecule has 0 bridgehead atoms. The molecule has 1 aromatic heterocycles. The van der Waals surface area contributed by atoms with Crippen LogP contribution in [0.25, 0.3) is 11.3 Å². The summed E-state index contributed by atoms with van der Waals surface area (Å²) in [5.74, 6) is 1.70. The third-order valence-corrected chi connectivity index (χ3v) is 3.50. The van der Waals surface area contributed by atoms with Gasteiger partial charge in [0, 0.05) is 18.2 Å². The topological polar surface area (TPSA) is 34.4 Å². The molecule has 0 atom stereocenters. The number of ether oxygens (including phenoxy) is 1. The molecule has 0 aliphatic carbocycles. The molecule has 1 N–H and O–H groups in total. The van der Waals surface area contributed by atoms with Crippen LogP contribution in [0.4, 0.5) is 0 Å². The molecule has 3 nitrogen and oxygen atoms in total. The first-order valence-corrected chi connectivity index (χ1v) is 7.04. The molecular weight excluding hydrogens is 306 g/mol. The lowest BCUT2D eigenvalue weighted by Gasteiger charge is -2.13. The van der Waals surface area contributed by atoms with Crippen LogP contribution in [-0.2, 0) is 6.54 Å². The first kappa shape index (κ1) is 14.2. The lowest BCUT2D eigenvalue weighted by atomic mass is 10.0. The van der Waals surface area contributed by atoms with Crippen LogP contribution in [0, 0.1) is 0 Å². The summed E-state index contributed by atoms with van der Waals surface area (Å²) in [6.07, 6.45) is 1.68. The number of halogens is 1. The van der Waals surface area contributed by atoms with Crippen molar-refractivity contribution in [3.05, 3.63) is 40.6 Å². The van der Waals surface area contributed by atoms with Gasteiger partial charge in [-0.25, -0.2) is 0 Å². The fraction of sp³-hybridized carbons (Fsp3) is 0.333. The minimum absolute atomic E-state index is 0.430. The predicted octanol–water partition coefficient (Wildman–Crippen LogP) is 4.22. The van der Waals surface area contributed by atoms with E-state index in [-0.39, 0.29) is 0 Å². The van der Waals surface area contributed by atoms with Crippen molar-refractivity contribution in [2.75, 3.05) is 7.11 Å². The summed E-state index contributed by atoms with van der Waals surface area (Å²) in [6, 6.07) is 8.35. The minimum Gasteiger partial charge on any atom is -0.497 e. The summed E-state index contributed by atoms with van der Waals surface area (Å²) in [5, 5.41) is 3.42. The molecule has 1 aromatic carbocycles. The highest BCUT2D eigenvalue weighted by Gasteiger charge is 2.13. The van der Waals surface area contributed by atoms with E-state index >= 15 is 0 Å². The monoisotopic (exact) mass is 323 g/mol. The molecule has 0 aliphatic rings. The van der Waals surface area contributed by atoms with Crippen LogP contribution in [0.2, 0.25) is 0 Å². The molecule has 1 heterocycles. The van der Waals surface area contributed by atoms with E-state index in [1.165, 1.54) is 0 Å². The first-order valence-electron chi connectivity index (χ1n) is 6.25. The molecule has 102 valence electrons. The van der Waals surface area contributed by atoms with E-state index in [4.69, 9.17) is 9.15 Å². The van der Waals surface area contributed by atoms with Crippen molar-refractivity contribution in [3.63, 3.8) is 0 Å². The number of benzene rings is 1. The van der Waals surface area contributed by atoms with Gasteiger partial charge in [0.2, 0.25) is 0 Å². The van der Waals surface area contributed by atoms with Gasteiger partial charge in [-0.15, -0.1) is 0 Å². The zero-order chi connectivity index (χ0) is 13.8. The zero-order valence-corrected chi connectivity index (χ0v) is 13.0. The molecule has 2 rings (SSSR count). The number of rotatable bonds is 5. The van der Waals surface area contributed by atoms with Gasteiger partial charge >= 0.3 is 0 Å². The molecule has 0 saturated heterocycles. The summed E-state index contributed by atoms with van der Waals surface area (Å²) in [6.45, 7) is 5.03. The van der Waals surface area contributed by atoms with Gasteiger partial charge < -0.3 is 14.5 Å². The van der Waals surface area contributed by atoms with Gasteiger partial charge in [-0.1, -0.05) is 13.8 Å². The molecule has 0 amide bonds. The number of nitrogens with one attached hydrogen (secondary N) is 1. The predicted molar refractivity (Wildman–Crippen MR) is 80.4 cm³/mol. The molecule has 19 heavy (non-hydrogen) atoms. The Morgan fingerprint density at radius 3 is 2.68 bits per heavy atom. The first-order chi connectivity index (χ1) is 9.11. The highest BCUT2D eigenvalue weighted by atomic mass is 79.9. The van der Waals surface area contributed by atoms with Gasteiger partial charge in [0.15, 0.2) is 0 Å². The number of hydrogen-bond donors (Lipinski definition) is 1. The molecule has 4 heteroatoms. The molecule has 0 spiro atoms. The summed E-state index contributed by atoms with van der Waals surface area (Å²) >= 11 is 3.51. The van der Waals surface area contributed by atoms with Crippen molar-refractivity contribution in [2.24, 2.45) is 0 Å². The Morgan fingerprint density at radius 1 is 1.32 bits per heavy atom. The summed E-state index contributed by atoms with van der Waals surface area (Å²) in [5.41, 5.74) is 2.23. The number of furan rings is 1. The molecule has 0 saturated carbocycles. The van der Waals surface area contributed by atoms with Crippen molar-refractivity contribution in [3.8, 4) is 17.1 Å². The quantitative estimate of drug-likeness (QED) is 0.894. The van der Waals surface area contributed by atoms with Crippen LogP contribution in [-0.4, -0.2) is 13.2 Å². The molecular formula is C15H18BrNO2. The Morgan fingerprint density at radius 2 is 2.11 bits per heavy atom. The third kappa shape index (κ3) is 3.39. The fourth-order valence-corrected chi connectivity index (χ4v) is 2.28. The Labute approximate surface area is 122 Å². The maximum absolute atomic E-state index is 5.56. The second kappa shape index (κ2) is 6.26. The normalized spacial score (nSPS) is 11.0. The SMILES string of the molecule is COc1ccc(-c2occc2Br)c(CNC(C)C)c1. The second-order valence-electron chi connectivity index (χ2n) is 4.66. The zero-order valence-electron chi connectivity index (χ0n) is 11.4. The smallest absolute Gasteiger partial charge is 0.148 e. The van der Waals surface area contributed by atoms with Gasteiger partial charge in [0.1, 0.15) is 11.5 Å². The van der Waals surface area contributed by atoms with E-state index in [1.54, 1.807) is 13.4 Å². The minimum atomic E-state index is 0.430. The number of hydrogen-bond acceptors (Lipinski definition) is 3. The highest BCUT2D eigenvalue weighted by molar-refractivity contribution is 9.10. The Balaban J connectivity index is 2.39. The van der Waals surface area contributed by atoms with Crippen molar-refractivity contribution in [1.29, 1.82) is 0 Å². The second-order valence-corrected chi connectivity index (χ2v) is 5.51. The Kier molecular flexibility index (Phi) is 4.66. The molecule has 0 unspecified atom stereocenters. The molecule has 0 radical (unpaired) electrons. The third-order valence-electron chi connectivity index (χ3n) is 2.87. The van der Waals surface area contributed by atoms with Gasteiger partial charge in [0.25, 0.3) is 0 Å². The highest BCUT2D eigenvalue weighted by Crippen LogP contribution is 2.33. The van der Waals surface area contributed by atoms with E-state index in [0.29, 0.717) is 6.04 Å². The van der Waals surface area contributed by atoms with E-state index in [1.807, 2.05) is 24.3 Å². The summed E-state index contributed by atoms with van der Waals surface area (Å²) in [4.78, 5) is 0. The lowest BCUT2D eigenvalue weighted by Crippen LogP contribution is -2.22. The summed E-state index contributed by atoms with van der Waals surface area (Å²) < 4.78 is 11.8. The van der Waals surface area contributed by atoms with Gasteiger partial charge in [-0.2, -0.15) is 0 Å². The van der Waals surface area contributed by atoms with Crippen LogP contribution >= 0.6 is 15.9 Å². The van der Waals surface area contributed by atoms with E-state index in [0.717, 1.165) is 33.7 Å². The van der Waals surface area contributed by atoms with Gasteiger partial charge in [-0.3, -0.25) is 0 Å². The van der Waals surface area contributed by atoms with Crippen LogP contribution in [0.3, 0.4) is 0 Å². The average Bonchev–Trinajstić information content (AvgIpc) is 2.82. The molecule has 0 fully saturated rings. The van der Waals surface area contributed by atoms with Crippen molar-refractivity contribution in [2.45, 2.75) is 26.4 Å². The van der Waals surface area contributed by atoms with Crippen LogP contribution in [0.15, 0.2) is 39.4 Å². The largest absolute Gasteiger partial charge is 0.497 e. The standard InChI is InChI=1S/C15H18BrNO2/c1-10(2)17-9-11-8-12(18-3)4-5-13(11)15-14(16)6-7-19-15/h4-8,10,17H,9H2,1-3H3. The van der Waals surface area contributed by atoms with Crippen molar-refractivity contribution >= 4 is 15.9 Å². The Bertz CT molecular complexity index is 549. The maximum Gasteiger partial charge on any atom is 0.148 e. The van der Waals surface area contributed by atoms with Gasteiger partial charge in [-0.05, 0) is 45.8 Å². The van der Waals surface area contributed by atoms with E-state index < -0.39 is 0 Å². The van der Waals surface area contributed by atoms with E-state index in [2.05, 4.69) is 35.1 Å². The van der Waals surface area contributed by atoms with E-state index in [9.17, 15) is 0 Å². The van der Waals surface area contributed by atoms with Crippen LogP contribution in [0.5, 0.6) is 5.75 Å².